The first-order valence-corrected chi connectivity index (χ1v) is 16.2. The number of pyridine rings is 2. The van der Waals surface area contributed by atoms with E-state index in [0.717, 1.165) is 66.1 Å². The summed E-state index contributed by atoms with van der Waals surface area (Å²) in [6.07, 6.45) is 7.06. The molecule has 0 N–H and O–H groups in total. The molecule has 0 bridgehead atoms. The van der Waals surface area contributed by atoms with Gasteiger partial charge >= 0.3 is 0 Å². The molecule has 0 spiro atoms. The van der Waals surface area contributed by atoms with Gasteiger partial charge in [-0.3, -0.25) is 0 Å². The van der Waals surface area contributed by atoms with Crippen molar-refractivity contribution in [1.82, 2.24) is 9.97 Å². The first-order valence-electron chi connectivity index (χ1n) is 18.7. The van der Waals surface area contributed by atoms with Gasteiger partial charge in [-0.15, -0.1) is 0 Å². The maximum atomic E-state index is 8.53. The molecule has 0 aliphatic carbocycles. The molecule has 3 aromatic carbocycles. The highest BCUT2D eigenvalue weighted by molar-refractivity contribution is 5.79. The van der Waals surface area contributed by atoms with Crippen LogP contribution in [0.15, 0.2) is 85.1 Å². The highest BCUT2D eigenvalue weighted by atomic mass is 16.5. The lowest BCUT2D eigenvalue weighted by molar-refractivity contribution is 0.482. The highest BCUT2D eigenvalue weighted by Crippen LogP contribution is 2.45. The van der Waals surface area contributed by atoms with Gasteiger partial charge in [-0.2, -0.15) is 0 Å². The Hall–Kier alpha value is -5.15. The van der Waals surface area contributed by atoms with Crippen LogP contribution in [0.4, 0.5) is 28.7 Å². The highest BCUT2D eigenvalue weighted by Gasteiger charge is 2.26. The minimum atomic E-state index is -0.424. The molecular formula is C41H41N5O. The van der Waals surface area contributed by atoms with E-state index in [1.54, 1.807) is 6.20 Å². The summed E-state index contributed by atoms with van der Waals surface area (Å²) in [6, 6.07) is 12.5. The van der Waals surface area contributed by atoms with Crippen molar-refractivity contribution in [3.8, 4) is 22.6 Å². The van der Waals surface area contributed by atoms with E-state index < -0.39 is 6.04 Å². The molecule has 0 unspecified atom stereocenters. The predicted molar refractivity (Wildman–Crippen MR) is 192 cm³/mol. The van der Waals surface area contributed by atoms with Gasteiger partial charge in [0.05, 0.1) is 13.4 Å². The summed E-state index contributed by atoms with van der Waals surface area (Å²) in [5.41, 5.74) is 8.09. The number of ether oxygens (including phenoxy) is 1. The first kappa shape index (κ1) is 25.0. The molecule has 4 heterocycles. The molecule has 0 saturated carbocycles. The van der Waals surface area contributed by atoms with Crippen LogP contribution < -0.4 is 14.5 Å². The number of aryl methyl sites for hydroxylation is 1. The van der Waals surface area contributed by atoms with Gasteiger partial charge in [0, 0.05) is 54.6 Å². The van der Waals surface area contributed by atoms with Crippen LogP contribution in [0.3, 0.4) is 0 Å². The van der Waals surface area contributed by atoms with E-state index in [1.807, 2.05) is 38.2 Å². The smallest absolute Gasteiger partial charge is 0.196 e. The van der Waals surface area contributed by atoms with Gasteiger partial charge in [-0.1, -0.05) is 57.0 Å². The summed E-state index contributed by atoms with van der Waals surface area (Å²) in [4.78, 5) is 17.9. The van der Waals surface area contributed by atoms with Gasteiger partial charge in [0.25, 0.3) is 0 Å². The van der Waals surface area contributed by atoms with E-state index in [9.17, 15) is 0 Å². The van der Waals surface area contributed by atoms with Gasteiger partial charge in [0.1, 0.15) is 23.1 Å². The molecule has 0 atom stereocenters. The number of nitrogens with zero attached hydrogens (tertiary/aromatic N) is 5. The fourth-order valence-electron chi connectivity index (χ4n) is 6.65. The Morgan fingerprint density at radius 3 is 2.40 bits per heavy atom. The Kier molecular flexibility index (Phi) is 6.50. The second-order valence-electron chi connectivity index (χ2n) is 13.4. The molecule has 0 saturated heterocycles. The number of rotatable bonds is 5. The maximum Gasteiger partial charge on any atom is 0.196 e. The Bertz CT molecular complexity index is 2270. The molecular weight excluding hydrogens is 578 g/mol. The quantitative estimate of drug-likeness (QED) is 0.182. The standard InChI is InChI=1S/C41H41N5O/c1-27-28(2)40(44-26-35(27)29-12-8-7-9-13-29)46-21-11-15-34-36(42-6)23-33(25-38(34)46)47-32-17-16-30-14-10-20-45(37(30)24-32)39-22-31(18-19-43-39)41(3,4)5/h7-9,12-13,16-19,22-26H,10-11,14-15,20-21H2,1-5H3/i7D,8D,9D,12D,13D. The van der Waals surface area contributed by atoms with Crippen LogP contribution in [0.1, 0.15) is 68.3 Å². The second kappa shape index (κ2) is 12.2. The third-order valence-electron chi connectivity index (χ3n) is 9.34. The van der Waals surface area contributed by atoms with E-state index in [-0.39, 0.29) is 35.1 Å². The Morgan fingerprint density at radius 2 is 1.62 bits per heavy atom. The fourth-order valence-corrected chi connectivity index (χ4v) is 6.65. The summed E-state index contributed by atoms with van der Waals surface area (Å²) in [5, 5.41) is 0. The molecule has 6 heteroatoms. The zero-order chi connectivity index (χ0) is 37.1. The first-order chi connectivity index (χ1) is 24.8. The molecule has 2 aliphatic rings. The summed E-state index contributed by atoms with van der Waals surface area (Å²) in [6.45, 7) is 20.0. The number of fused-ring (bicyclic) bond motifs is 2. The third-order valence-corrected chi connectivity index (χ3v) is 9.34. The van der Waals surface area contributed by atoms with E-state index in [4.69, 9.17) is 28.1 Å². The van der Waals surface area contributed by atoms with Gasteiger partial charge in [-0.05, 0) is 103 Å². The van der Waals surface area contributed by atoms with Crippen molar-refractivity contribution in [3.05, 3.63) is 124 Å². The molecule has 236 valence electrons. The number of benzene rings is 3. The van der Waals surface area contributed by atoms with E-state index in [2.05, 4.69) is 59.7 Å². The summed E-state index contributed by atoms with van der Waals surface area (Å²) >= 11 is 0. The van der Waals surface area contributed by atoms with E-state index in [1.165, 1.54) is 11.1 Å². The molecule has 0 fully saturated rings. The molecule has 5 aromatic rings. The van der Waals surface area contributed by atoms with Crippen molar-refractivity contribution in [2.24, 2.45) is 0 Å². The number of aromatic nitrogens is 2. The van der Waals surface area contributed by atoms with E-state index >= 15 is 0 Å². The molecule has 7 rings (SSSR count). The molecule has 2 aliphatic heterocycles. The molecule has 47 heavy (non-hydrogen) atoms. The lowest BCUT2D eigenvalue weighted by Gasteiger charge is -2.33. The SMILES string of the molecule is [2H]c1c([2H])c([2H])c(-c2cnc(N3CCCc4c([N+]#[C-])cc(Oc5ccc6c(c5)N(c5cc(C(C)(C)C)ccn5)CCC6)cc43)c(C)c2C)c([2H])c1[2H]. The van der Waals surface area contributed by atoms with Crippen molar-refractivity contribution in [2.45, 2.75) is 65.7 Å². The van der Waals surface area contributed by atoms with Gasteiger partial charge in [0.2, 0.25) is 0 Å². The van der Waals surface area contributed by atoms with Crippen LogP contribution in [0.2, 0.25) is 0 Å². The van der Waals surface area contributed by atoms with Crippen molar-refractivity contribution in [1.29, 1.82) is 0 Å². The normalized spacial score (nSPS) is 15.8. The average molecular weight is 625 g/mol. The average Bonchev–Trinajstić information content (AvgIpc) is 3.14. The largest absolute Gasteiger partial charge is 0.459 e. The van der Waals surface area contributed by atoms with Crippen molar-refractivity contribution < 1.29 is 11.6 Å². The minimum Gasteiger partial charge on any atom is -0.459 e. The van der Waals surface area contributed by atoms with Crippen LogP contribution in [-0.2, 0) is 18.3 Å². The Morgan fingerprint density at radius 1 is 0.851 bits per heavy atom. The molecule has 6 nitrogen and oxygen atoms in total. The van der Waals surface area contributed by atoms with Crippen molar-refractivity contribution in [3.63, 3.8) is 0 Å². The second-order valence-corrected chi connectivity index (χ2v) is 13.4. The monoisotopic (exact) mass is 624 g/mol. The van der Waals surface area contributed by atoms with E-state index in [0.29, 0.717) is 35.1 Å². The zero-order valence-corrected chi connectivity index (χ0v) is 27.6. The van der Waals surface area contributed by atoms with Crippen LogP contribution in [0, 0.1) is 20.4 Å². The lowest BCUT2D eigenvalue weighted by Crippen LogP contribution is -2.26. The fraction of sp³-hybridized carbons (Fsp3) is 0.293. The predicted octanol–water partition coefficient (Wildman–Crippen LogP) is 10.6. The van der Waals surface area contributed by atoms with Gasteiger partial charge in [0.15, 0.2) is 5.69 Å². The van der Waals surface area contributed by atoms with Gasteiger partial charge < -0.3 is 14.5 Å². The Balaban J connectivity index is 1.25. The molecule has 2 aromatic heterocycles. The number of hydrogen-bond acceptors (Lipinski definition) is 5. The van der Waals surface area contributed by atoms with Crippen LogP contribution in [0.25, 0.3) is 16.0 Å². The summed E-state index contributed by atoms with van der Waals surface area (Å²) in [5.74, 6) is 2.83. The summed E-state index contributed by atoms with van der Waals surface area (Å²) < 4.78 is 48.0. The van der Waals surface area contributed by atoms with Crippen molar-refractivity contribution in [2.75, 3.05) is 22.9 Å². The molecule has 0 radical (unpaired) electrons. The maximum absolute atomic E-state index is 8.53. The van der Waals surface area contributed by atoms with Gasteiger partial charge in [-0.25, -0.2) is 14.8 Å². The summed E-state index contributed by atoms with van der Waals surface area (Å²) in [7, 11) is 0. The topological polar surface area (TPSA) is 45.9 Å². The minimum absolute atomic E-state index is 0.00134. The van der Waals surface area contributed by atoms with Crippen molar-refractivity contribution >= 4 is 28.7 Å². The molecule has 0 amide bonds. The zero-order valence-electron chi connectivity index (χ0n) is 32.6. The van der Waals surface area contributed by atoms with Crippen LogP contribution in [0.5, 0.6) is 11.5 Å². The number of hydrogen-bond donors (Lipinski definition) is 0. The Labute approximate surface area is 285 Å². The lowest BCUT2D eigenvalue weighted by atomic mass is 9.87. The third kappa shape index (κ3) is 5.83. The number of anilines is 4. The van der Waals surface area contributed by atoms with Crippen LogP contribution >= 0.6 is 0 Å². The van der Waals surface area contributed by atoms with Crippen LogP contribution in [-0.4, -0.2) is 23.1 Å².